The van der Waals surface area contributed by atoms with Crippen molar-refractivity contribution in [3.8, 4) is 0 Å². The topological polar surface area (TPSA) is 29.9 Å². The van der Waals surface area contributed by atoms with E-state index in [4.69, 9.17) is 5.10 Å². The summed E-state index contributed by atoms with van der Waals surface area (Å²) >= 11 is 0. The molecule has 2 atom stereocenters. The summed E-state index contributed by atoms with van der Waals surface area (Å²) in [7, 11) is 2.09. The zero-order valence-corrected chi connectivity index (χ0v) is 11.4. The molecule has 3 rings (SSSR count). The Morgan fingerprint density at radius 1 is 1.28 bits per heavy atom. The van der Waals surface area contributed by atoms with Gasteiger partial charge < -0.3 is 5.32 Å². The molecular formula is C15H25N3. The van der Waals surface area contributed by atoms with Crippen molar-refractivity contribution in [3.05, 3.63) is 18.0 Å². The number of hydrogen-bond donors (Lipinski definition) is 1. The number of rotatable bonds is 4. The fourth-order valence-corrected chi connectivity index (χ4v) is 3.68. The smallest absolute Gasteiger partial charge is 0.0627 e. The molecule has 18 heavy (non-hydrogen) atoms. The second-order valence-corrected chi connectivity index (χ2v) is 6.09. The maximum Gasteiger partial charge on any atom is 0.0627 e. The highest BCUT2D eigenvalue weighted by atomic mass is 15.3. The van der Waals surface area contributed by atoms with Crippen LogP contribution in [0.25, 0.3) is 0 Å². The van der Waals surface area contributed by atoms with E-state index in [1.807, 2.05) is 0 Å². The zero-order chi connectivity index (χ0) is 12.4. The third-order valence-electron chi connectivity index (χ3n) is 4.81. The van der Waals surface area contributed by atoms with Crippen LogP contribution >= 0.6 is 0 Å². The molecule has 1 aromatic heterocycles. The van der Waals surface area contributed by atoms with Crippen molar-refractivity contribution in [2.24, 2.45) is 5.92 Å². The van der Waals surface area contributed by atoms with Gasteiger partial charge in [-0.25, -0.2) is 0 Å². The second kappa shape index (κ2) is 5.43. The van der Waals surface area contributed by atoms with Gasteiger partial charge in [-0.1, -0.05) is 12.8 Å². The zero-order valence-electron chi connectivity index (χ0n) is 11.4. The molecule has 0 radical (unpaired) electrons. The van der Waals surface area contributed by atoms with E-state index < -0.39 is 0 Å². The van der Waals surface area contributed by atoms with Gasteiger partial charge in [-0.3, -0.25) is 4.68 Å². The van der Waals surface area contributed by atoms with Crippen LogP contribution in [-0.2, 0) is 6.42 Å². The maximum atomic E-state index is 4.80. The minimum Gasteiger partial charge on any atom is -0.317 e. The highest BCUT2D eigenvalue weighted by Gasteiger charge is 2.24. The summed E-state index contributed by atoms with van der Waals surface area (Å²) in [5.74, 6) is 0.842. The third-order valence-corrected chi connectivity index (χ3v) is 4.81. The monoisotopic (exact) mass is 247 g/mol. The Morgan fingerprint density at radius 3 is 2.83 bits per heavy atom. The van der Waals surface area contributed by atoms with Crippen LogP contribution in [-0.4, -0.2) is 22.9 Å². The molecule has 2 aliphatic rings. The Morgan fingerprint density at radius 2 is 2.11 bits per heavy atom. The van der Waals surface area contributed by atoms with E-state index in [-0.39, 0.29) is 0 Å². The van der Waals surface area contributed by atoms with Gasteiger partial charge in [-0.15, -0.1) is 0 Å². The lowest BCUT2D eigenvalue weighted by Crippen LogP contribution is -2.21. The van der Waals surface area contributed by atoms with E-state index in [9.17, 15) is 0 Å². The lowest BCUT2D eigenvalue weighted by molar-refractivity contribution is 0.453. The van der Waals surface area contributed by atoms with Crippen LogP contribution in [0, 0.1) is 5.92 Å². The Balaban J connectivity index is 1.57. The standard InChI is InChI=1S/C15H25N3/c1-16-13-7-6-12(10-13)11-14-8-9-18(17-14)15-4-2-3-5-15/h8-9,12-13,15-16H,2-7,10-11H2,1H3. The van der Waals surface area contributed by atoms with Crippen molar-refractivity contribution in [2.75, 3.05) is 7.05 Å². The van der Waals surface area contributed by atoms with Crippen LogP contribution < -0.4 is 5.32 Å². The first kappa shape index (κ1) is 12.2. The lowest BCUT2D eigenvalue weighted by atomic mass is 10.0. The van der Waals surface area contributed by atoms with Gasteiger partial charge in [0.15, 0.2) is 0 Å². The number of nitrogens with one attached hydrogen (secondary N) is 1. The van der Waals surface area contributed by atoms with Crippen LogP contribution in [0.4, 0.5) is 0 Å². The average Bonchev–Trinajstić information content (AvgIpc) is 3.10. The van der Waals surface area contributed by atoms with E-state index in [0.717, 1.165) is 12.0 Å². The summed E-state index contributed by atoms with van der Waals surface area (Å²) in [5, 5.41) is 8.21. The van der Waals surface area contributed by atoms with E-state index in [1.165, 1.54) is 57.1 Å². The Labute approximate surface area is 110 Å². The van der Waals surface area contributed by atoms with Crippen molar-refractivity contribution in [2.45, 2.75) is 63.5 Å². The molecular weight excluding hydrogens is 222 g/mol. The van der Waals surface area contributed by atoms with Gasteiger partial charge in [0.05, 0.1) is 11.7 Å². The van der Waals surface area contributed by atoms with E-state index >= 15 is 0 Å². The summed E-state index contributed by atoms with van der Waals surface area (Å²) in [6.45, 7) is 0. The van der Waals surface area contributed by atoms with Crippen LogP contribution in [0.5, 0.6) is 0 Å². The molecule has 2 aliphatic carbocycles. The fourth-order valence-electron chi connectivity index (χ4n) is 3.68. The SMILES string of the molecule is CNC1CCC(Cc2ccn(C3CCCC3)n2)C1. The predicted octanol–water partition coefficient (Wildman–Crippen LogP) is 2.93. The summed E-state index contributed by atoms with van der Waals surface area (Å²) in [4.78, 5) is 0. The fraction of sp³-hybridized carbons (Fsp3) is 0.800. The van der Waals surface area contributed by atoms with Gasteiger partial charge in [-0.2, -0.15) is 5.10 Å². The Bertz CT molecular complexity index is 379. The van der Waals surface area contributed by atoms with Crippen LogP contribution in [0.2, 0.25) is 0 Å². The molecule has 0 bridgehead atoms. The molecule has 0 aliphatic heterocycles. The molecule has 3 heteroatoms. The molecule has 0 amide bonds. The Kier molecular flexibility index (Phi) is 3.69. The van der Waals surface area contributed by atoms with Gasteiger partial charge in [0, 0.05) is 12.2 Å². The molecule has 2 saturated carbocycles. The minimum atomic E-state index is 0.687. The normalized spacial score (nSPS) is 29.2. The van der Waals surface area contributed by atoms with Gasteiger partial charge in [0.25, 0.3) is 0 Å². The van der Waals surface area contributed by atoms with Gasteiger partial charge in [-0.05, 0) is 57.6 Å². The minimum absolute atomic E-state index is 0.687. The summed E-state index contributed by atoms with van der Waals surface area (Å²) in [5.41, 5.74) is 1.31. The highest BCUT2D eigenvalue weighted by Crippen LogP contribution is 2.30. The molecule has 0 spiro atoms. The number of aromatic nitrogens is 2. The van der Waals surface area contributed by atoms with Crippen molar-refractivity contribution in [1.29, 1.82) is 0 Å². The maximum absolute atomic E-state index is 4.80. The van der Waals surface area contributed by atoms with Gasteiger partial charge in [0.1, 0.15) is 0 Å². The van der Waals surface area contributed by atoms with Crippen molar-refractivity contribution in [3.63, 3.8) is 0 Å². The quantitative estimate of drug-likeness (QED) is 0.886. The molecule has 2 fully saturated rings. The van der Waals surface area contributed by atoms with E-state index in [1.54, 1.807) is 0 Å². The van der Waals surface area contributed by atoms with Gasteiger partial charge >= 0.3 is 0 Å². The van der Waals surface area contributed by atoms with Crippen LogP contribution in [0.1, 0.15) is 56.7 Å². The summed E-state index contributed by atoms with van der Waals surface area (Å²) in [6.07, 6.45) is 12.8. The third kappa shape index (κ3) is 2.61. The van der Waals surface area contributed by atoms with Crippen molar-refractivity contribution in [1.82, 2.24) is 15.1 Å². The first-order chi connectivity index (χ1) is 8.85. The van der Waals surface area contributed by atoms with Crippen LogP contribution in [0.3, 0.4) is 0 Å². The van der Waals surface area contributed by atoms with Crippen molar-refractivity contribution >= 4 is 0 Å². The summed E-state index contributed by atoms with van der Waals surface area (Å²) in [6, 6.07) is 3.67. The first-order valence-electron chi connectivity index (χ1n) is 7.56. The van der Waals surface area contributed by atoms with E-state index in [0.29, 0.717) is 6.04 Å². The Hall–Kier alpha value is -0.830. The predicted molar refractivity (Wildman–Crippen MR) is 73.6 cm³/mol. The molecule has 1 N–H and O–H groups in total. The van der Waals surface area contributed by atoms with Gasteiger partial charge in [0.2, 0.25) is 0 Å². The van der Waals surface area contributed by atoms with Crippen LogP contribution in [0.15, 0.2) is 12.3 Å². The highest BCUT2D eigenvalue weighted by molar-refractivity contribution is 5.02. The molecule has 2 unspecified atom stereocenters. The second-order valence-electron chi connectivity index (χ2n) is 6.09. The van der Waals surface area contributed by atoms with Crippen molar-refractivity contribution < 1.29 is 0 Å². The molecule has 1 aromatic rings. The van der Waals surface area contributed by atoms with E-state index in [2.05, 4.69) is 29.3 Å². The average molecular weight is 247 g/mol. The number of nitrogens with zero attached hydrogens (tertiary/aromatic N) is 2. The molecule has 0 aromatic carbocycles. The summed E-state index contributed by atoms with van der Waals surface area (Å²) < 4.78 is 2.23. The first-order valence-corrected chi connectivity index (χ1v) is 7.56. The molecule has 100 valence electrons. The largest absolute Gasteiger partial charge is 0.317 e. The molecule has 1 heterocycles. The molecule has 0 saturated heterocycles. The number of hydrogen-bond acceptors (Lipinski definition) is 2. The lowest BCUT2D eigenvalue weighted by Gasteiger charge is -2.10. The molecule has 3 nitrogen and oxygen atoms in total.